The monoisotopic (exact) mass is 406 g/mol. The van der Waals surface area contributed by atoms with E-state index in [1.54, 1.807) is 29.5 Å². The molecule has 1 aliphatic rings. The number of rotatable bonds is 7. The number of halogens is 1. The van der Waals surface area contributed by atoms with E-state index < -0.39 is 0 Å². The summed E-state index contributed by atoms with van der Waals surface area (Å²) in [7, 11) is 1.58. The van der Waals surface area contributed by atoms with Crippen molar-refractivity contribution in [3.63, 3.8) is 0 Å². The largest absolute Gasteiger partial charge is 0.383 e. The van der Waals surface area contributed by atoms with Crippen LogP contribution < -0.4 is 10.6 Å². The zero-order chi connectivity index (χ0) is 19.9. The predicted molar refractivity (Wildman–Crippen MR) is 105 cm³/mol. The quantitative estimate of drug-likeness (QED) is 0.691. The molecule has 1 aliphatic heterocycles. The number of hydrogen-bond acceptors (Lipinski definition) is 6. The molecule has 1 fully saturated rings. The Bertz CT molecular complexity index is 812. The number of carbonyl (C=O) groups excluding carboxylic acids is 2. The summed E-state index contributed by atoms with van der Waals surface area (Å²) in [5, 5.41) is 8.14. The molecule has 1 aromatic heterocycles. The molecule has 2 heterocycles. The topological polar surface area (TPSA) is 83.6 Å². The number of benzene rings is 1. The van der Waals surface area contributed by atoms with Gasteiger partial charge in [-0.15, -0.1) is 11.3 Å². The van der Waals surface area contributed by atoms with Crippen LogP contribution in [-0.4, -0.2) is 55.0 Å². The number of nitrogens with zero attached hydrogens (tertiary/aromatic N) is 2. The molecule has 0 spiro atoms. The minimum absolute atomic E-state index is 0.0495. The summed E-state index contributed by atoms with van der Waals surface area (Å²) in [6, 6.07) is 5.92. The minimum atomic E-state index is -0.313. The molecule has 2 N–H and O–H groups in total. The molecule has 150 valence electrons. The van der Waals surface area contributed by atoms with Gasteiger partial charge in [-0.1, -0.05) is 0 Å². The summed E-state index contributed by atoms with van der Waals surface area (Å²) in [5.74, 6) is -0.763. The van der Waals surface area contributed by atoms with Crippen molar-refractivity contribution < 1.29 is 18.7 Å². The van der Waals surface area contributed by atoms with Gasteiger partial charge in [0.2, 0.25) is 5.91 Å². The second-order valence-electron chi connectivity index (χ2n) is 6.54. The molecule has 9 heteroatoms. The van der Waals surface area contributed by atoms with Crippen LogP contribution in [0.15, 0.2) is 29.6 Å². The Hall–Kier alpha value is -2.52. The zero-order valence-electron chi connectivity index (χ0n) is 15.6. The van der Waals surface area contributed by atoms with Gasteiger partial charge in [-0.2, -0.15) is 0 Å². The molecule has 28 heavy (non-hydrogen) atoms. The van der Waals surface area contributed by atoms with Crippen LogP contribution in [0.1, 0.15) is 23.3 Å². The Morgan fingerprint density at radius 2 is 2.14 bits per heavy atom. The normalized spacial score (nSPS) is 16.6. The molecule has 0 aliphatic carbocycles. The Morgan fingerprint density at radius 1 is 1.36 bits per heavy atom. The van der Waals surface area contributed by atoms with Gasteiger partial charge in [0, 0.05) is 37.8 Å². The lowest BCUT2D eigenvalue weighted by molar-refractivity contribution is -0.126. The molecule has 3 rings (SSSR count). The summed E-state index contributed by atoms with van der Waals surface area (Å²) in [5.41, 5.74) is 1.04. The van der Waals surface area contributed by atoms with Gasteiger partial charge < -0.3 is 20.3 Å². The highest BCUT2D eigenvalue weighted by Gasteiger charge is 2.29. The fraction of sp³-hybridized carbons (Fsp3) is 0.421. The second kappa shape index (κ2) is 9.61. The molecule has 2 aromatic rings. The first-order chi connectivity index (χ1) is 13.6. The molecule has 7 nitrogen and oxygen atoms in total. The van der Waals surface area contributed by atoms with E-state index >= 15 is 0 Å². The van der Waals surface area contributed by atoms with Crippen molar-refractivity contribution in [1.29, 1.82) is 0 Å². The van der Waals surface area contributed by atoms with E-state index in [0.29, 0.717) is 42.8 Å². The average Bonchev–Trinajstić information content (AvgIpc) is 3.18. The van der Waals surface area contributed by atoms with Crippen molar-refractivity contribution >= 4 is 34.0 Å². The van der Waals surface area contributed by atoms with E-state index in [4.69, 9.17) is 4.74 Å². The lowest BCUT2D eigenvalue weighted by atomic mass is 9.97. The Labute approximate surface area is 166 Å². The number of amides is 2. The number of aromatic nitrogens is 1. The minimum Gasteiger partial charge on any atom is -0.383 e. The highest BCUT2D eigenvalue weighted by molar-refractivity contribution is 7.14. The molecule has 0 bridgehead atoms. The molecule has 2 amide bonds. The lowest BCUT2D eigenvalue weighted by Gasteiger charge is -2.31. The number of methoxy groups -OCH3 is 1. The lowest BCUT2D eigenvalue weighted by Crippen LogP contribution is -2.46. The molecule has 1 aromatic carbocycles. The van der Waals surface area contributed by atoms with Gasteiger partial charge in [-0.25, -0.2) is 9.37 Å². The van der Waals surface area contributed by atoms with Crippen molar-refractivity contribution in [2.75, 3.05) is 38.7 Å². The predicted octanol–water partition coefficient (Wildman–Crippen LogP) is 2.64. The second-order valence-corrected chi connectivity index (χ2v) is 7.40. The number of hydrogen-bond donors (Lipinski definition) is 2. The van der Waals surface area contributed by atoms with Gasteiger partial charge >= 0.3 is 0 Å². The first-order valence-electron chi connectivity index (χ1n) is 9.11. The molecule has 0 saturated carbocycles. The van der Waals surface area contributed by atoms with Gasteiger partial charge in [0.1, 0.15) is 11.5 Å². The SMILES string of the molecule is COCCNC(=O)C1CCCN(C(=O)c2csc(Nc3ccc(F)cc3)n2)C1. The molecule has 0 radical (unpaired) electrons. The van der Waals surface area contributed by atoms with E-state index in [-0.39, 0.29) is 23.5 Å². The standard InChI is InChI=1S/C19H23FN4O3S/c1-27-10-8-21-17(25)13-3-2-9-24(11-13)18(26)16-12-28-19(23-16)22-15-6-4-14(20)5-7-15/h4-7,12-13H,2-3,8-11H2,1H3,(H,21,25)(H,22,23). The van der Waals surface area contributed by atoms with E-state index in [9.17, 15) is 14.0 Å². The maximum atomic E-state index is 13.0. The number of carbonyl (C=O) groups is 2. The molecule has 1 saturated heterocycles. The van der Waals surface area contributed by atoms with Crippen molar-refractivity contribution in [2.24, 2.45) is 5.92 Å². The molecule has 1 atom stereocenters. The molecule has 1 unspecified atom stereocenters. The van der Waals surface area contributed by atoms with E-state index in [0.717, 1.165) is 12.8 Å². The van der Waals surface area contributed by atoms with E-state index in [2.05, 4.69) is 15.6 Å². The van der Waals surface area contributed by atoms with Crippen molar-refractivity contribution in [2.45, 2.75) is 12.8 Å². The fourth-order valence-electron chi connectivity index (χ4n) is 3.04. The highest BCUT2D eigenvalue weighted by atomic mass is 32.1. The van der Waals surface area contributed by atoms with Crippen LogP contribution in [0.25, 0.3) is 0 Å². The van der Waals surface area contributed by atoms with E-state index in [1.807, 2.05) is 0 Å². The van der Waals surface area contributed by atoms with Crippen LogP contribution in [0.3, 0.4) is 0 Å². The van der Waals surface area contributed by atoms with Crippen LogP contribution in [-0.2, 0) is 9.53 Å². The van der Waals surface area contributed by atoms with Gasteiger partial charge in [0.05, 0.1) is 12.5 Å². The first kappa shape index (κ1) is 20.2. The van der Waals surface area contributed by atoms with Crippen LogP contribution in [0.2, 0.25) is 0 Å². The Kier molecular flexibility index (Phi) is 6.94. The molecular formula is C19H23FN4O3S. The van der Waals surface area contributed by atoms with Crippen molar-refractivity contribution in [3.05, 3.63) is 41.2 Å². The smallest absolute Gasteiger partial charge is 0.273 e. The fourth-order valence-corrected chi connectivity index (χ4v) is 3.75. The zero-order valence-corrected chi connectivity index (χ0v) is 16.4. The van der Waals surface area contributed by atoms with E-state index in [1.165, 1.54) is 23.5 Å². The third-order valence-electron chi connectivity index (χ3n) is 4.50. The summed E-state index contributed by atoms with van der Waals surface area (Å²) in [4.78, 5) is 31.1. The highest BCUT2D eigenvalue weighted by Crippen LogP contribution is 2.24. The Morgan fingerprint density at radius 3 is 2.89 bits per heavy atom. The number of piperidine rings is 1. The third-order valence-corrected chi connectivity index (χ3v) is 5.26. The number of likely N-dealkylation sites (tertiary alicyclic amines) is 1. The maximum absolute atomic E-state index is 13.0. The summed E-state index contributed by atoms with van der Waals surface area (Å²) < 4.78 is 17.9. The van der Waals surface area contributed by atoms with Crippen molar-refractivity contribution in [1.82, 2.24) is 15.2 Å². The third kappa shape index (κ3) is 5.26. The van der Waals surface area contributed by atoms with Gasteiger partial charge in [0.25, 0.3) is 5.91 Å². The molecular weight excluding hydrogens is 383 g/mol. The Balaban J connectivity index is 1.58. The van der Waals surface area contributed by atoms with Crippen LogP contribution in [0.4, 0.5) is 15.2 Å². The number of ether oxygens (including phenoxy) is 1. The number of nitrogens with one attached hydrogen (secondary N) is 2. The summed E-state index contributed by atoms with van der Waals surface area (Å²) in [6.45, 7) is 1.92. The van der Waals surface area contributed by atoms with Gasteiger partial charge in [-0.3, -0.25) is 9.59 Å². The van der Waals surface area contributed by atoms with Gasteiger partial charge in [-0.05, 0) is 37.1 Å². The summed E-state index contributed by atoms with van der Waals surface area (Å²) >= 11 is 1.30. The first-order valence-corrected chi connectivity index (χ1v) is 9.99. The van der Waals surface area contributed by atoms with Gasteiger partial charge in [0.15, 0.2) is 5.13 Å². The summed E-state index contributed by atoms with van der Waals surface area (Å²) in [6.07, 6.45) is 1.54. The van der Waals surface area contributed by atoms with Crippen molar-refractivity contribution in [3.8, 4) is 0 Å². The number of anilines is 2. The average molecular weight is 406 g/mol. The van der Waals surface area contributed by atoms with Crippen LogP contribution >= 0.6 is 11.3 Å². The number of thiazole rings is 1. The van der Waals surface area contributed by atoms with Crippen LogP contribution in [0.5, 0.6) is 0 Å². The van der Waals surface area contributed by atoms with Crippen LogP contribution in [0, 0.1) is 11.7 Å². The maximum Gasteiger partial charge on any atom is 0.273 e.